The molecule has 0 fully saturated rings. The molecule has 1 heterocycles. The van der Waals surface area contributed by atoms with Gasteiger partial charge >= 0.3 is 18.3 Å². The molecule has 0 saturated carbocycles. The molecule has 1 N–H and O–H groups in total. The lowest BCUT2D eigenvalue weighted by Gasteiger charge is -2.08. The first-order valence-electron chi connectivity index (χ1n) is 6.12. The summed E-state index contributed by atoms with van der Waals surface area (Å²) in [5, 5.41) is 5.29. The van der Waals surface area contributed by atoms with Gasteiger partial charge in [0.25, 0.3) is 0 Å². The third-order valence-electron chi connectivity index (χ3n) is 2.75. The van der Waals surface area contributed by atoms with Crippen LogP contribution in [0.3, 0.4) is 0 Å². The van der Waals surface area contributed by atoms with Gasteiger partial charge in [0.05, 0.1) is 24.0 Å². The number of anilines is 1. The topological polar surface area (TPSA) is 46.9 Å². The number of alkyl halides is 6. The molecular formula is C13H9F6N3O. The first kappa shape index (κ1) is 16.8. The number of carbonyl (C=O) groups excluding carboxylic acids is 1. The van der Waals surface area contributed by atoms with Crippen LogP contribution in [0.4, 0.5) is 32.0 Å². The Morgan fingerprint density at radius 1 is 1.17 bits per heavy atom. The molecule has 0 atom stereocenters. The Morgan fingerprint density at radius 2 is 1.87 bits per heavy atom. The molecule has 2 rings (SSSR count). The van der Waals surface area contributed by atoms with Crippen LogP contribution in [-0.2, 0) is 17.5 Å². The summed E-state index contributed by atoms with van der Waals surface area (Å²) in [6, 6.07) is 4.45. The summed E-state index contributed by atoms with van der Waals surface area (Å²) < 4.78 is 75.2. The van der Waals surface area contributed by atoms with Crippen LogP contribution in [0.1, 0.15) is 11.1 Å². The summed E-state index contributed by atoms with van der Waals surface area (Å²) in [6.45, 7) is -0.0915. The molecule has 1 aromatic carbocycles. The number of nitrogens with one attached hydrogen (secondary N) is 1. The molecule has 0 aliphatic heterocycles. The zero-order valence-corrected chi connectivity index (χ0v) is 11.2. The van der Waals surface area contributed by atoms with E-state index in [0.717, 1.165) is 29.2 Å². The lowest BCUT2D eigenvalue weighted by molar-refractivity contribution is -0.167. The van der Waals surface area contributed by atoms with Gasteiger partial charge < -0.3 is 5.32 Å². The smallest absolute Gasteiger partial charge is 0.316 e. The molecule has 1 amide bonds. The van der Waals surface area contributed by atoms with E-state index >= 15 is 0 Å². The fraction of sp³-hybridized carbons (Fsp3) is 0.231. The molecule has 10 heteroatoms. The first-order valence-corrected chi connectivity index (χ1v) is 6.12. The molecule has 0 spiro atoms. The molecule has 124 valence electrons. The predicted molar refractivity (Wildman–Crippen MR) is 67.5 cm³/mol. The molecule has 0 bridgehead atoms. The number of benzene rings is 1. The zero-order chi connectivity index (χ0) is 17.3. The number of nitrogens with zero attached hydrogens (tertiary/aromatic N) is 2. The van der Waals surface area contributed by atoms with Crippen molar-refractivity contribution in [3.05, 3.63) is 47.8 Å². The molecule has 0 aliphatic rings. The highest BCUT2D eigenvalue weighted by Crippen LogP contribution is 2.29. The number of rotatable bonds is 3. The summed E-state index contributed by atoms with van der Waals surface area (Å²) in [4.78, 5) is 10.8. The first-order chi connectivity index (χ1) is 10.6. The molecule has 0 radical (unpaired) electrons. The van der Waals surface area contributed by atoms with Crippen molar-refractivity contribution in [3.63, 3.8) is 0 Å². The molecular weight excluding hydrogens is 328 g/mol. The minimum absolute atomic E-state index is 0.0915. The highest BCUT2D eigenvalue weighted by Gasteiger charge is 2.38. The number of amides is 1. The van der Waals surface area contributed by atoms with Crippen molar-refractivity contribution in [2.24, 2.45) is 0 Å². The van der Waals surface area contributed by atoms with Crippen molar-refractivity contribution in [2.45, 2.75) is 18.9 Å². The second-order valence-corrected chi connectivity index (χ2v) is 4.58. The van der Waals surface area contributed by atoms with Crippen LogP contribution in [0.2, 0.25) is 0 Å². The molecule has 0 saturated heterocycles. The molecule has 0 aliphatic carbocycles. The van der Waals surface area contributed by atoms with Gasteiger partial charge in [-0.05, 0) is 17.7 Å². The summed E-state index contributed by atoms with van der Waals surface area (Å²) in [7, 11) is 0. The van der Waals surface area contributed by atoms with E-state index < -0.39 is 23.8 Å². The van der Waals surface area contributed by atoms with Crippen LogP contribution in [0.25, 0.3) is 0 Å². The average molecular weight is 337 g/mol. The SMILES string of the molecule is O=C(Nc1cnn(Cc2cccc(C(F)(F)F)c2)c1)C(F)(F)F. The highest BCUT2D eigenvalue weighted by molar-refractivity contribution is 5.94. The number of hydrogen-bond donors (Lipinski definition) is 1. The number of halogens is 6. The van der Waals surface area contributed by atoms with Gasteiger partial charge in [-0.2, -0.15) is 31.4 Å². The lowest BCUT2D eigenvalue weighted by Crippen LogP contribution is -2.29. The van der Waals surface area contributed by atoms with Crippen LogP contribution in [-0.4, -0.2) is 21.9 Å². The summed E-state index contributed by atoms with van der Waals surface area (Å²) >= 11 is 0. The summed E-state index contributed by atoms with van der Waals surface area (Å²) in [5.41, 5.74) is -0.788. The lowest BCUT2D eigenvalue weighted by atomic mass is 10.1. The van der Waals surface area contributed by atoms with Gasteiger partial charge in [-0.3, -0.25) is 9.48 Å². The third-order valence-corrected chi connectivity index (χ3v) is 2.75. The maximum atomic E-state index is 12.6. The van der Waals surface area contributed by atoms with E-state index in [1.807, 2.05) is 0 Å². The fourth-order valence-corrected chi connectivity index (χ4v) is 1.75. The second kappa shape index (κ2) is 5.94. The maximum Gasteiger partial charge on any atom is 0.471 e. The minimum Gasteiger partial charge on any atom is -0.316 e. The summed E-state index contributed by atoms with van der Waals surface area (Å²) in [5.74, 6) is -2.16. The second-order valence-electron chi connectivity index (χ2n) is 4.58. The van der Waals surface area contributed by atoms with Crippen LogP contribution in [0.15, 0.2) is 36.7 Å². The van der Waals surface area contributed by atoms with Gasteiger partial charge in [0.1, 0.15) is 0 Å². The number of hydrogen-bond acceptors (Lipinski definition) is 2. The fourth-order valence-electron chi connectivity index (χ4n) is 1.75. The van der Waals surface area contributed by atoms with Crippen molar-refractivity contribution in [1.29, 1.82) is 0 Å². The van der Waals surface area contributed by atoms with Gasteiger partial charge in [-0.1, -0.05) is 12.1 Å². The minimum atomic E-state index is -5.04. The summed E-state index contributed by atoms with van der Waals surface area (Å²) in [6.07, 6.45) is -7.48. The van der Waals surface area contributed by atoms with Crippen molar-refractivity contribution in [1.82, 2.24) is 9.78 Å². The van der Waals surface area contributed by atoms with E-state index in [0.29, 0.717) is 0 Å². The van der Waals surface area contributed by atoms with Crippen LogP contribution in [0.5, 0.6) is 0 Å². The Balaban J connectivity index is 2.09. The molecule has 0 unspecified atom stereocenters. The monoisotopic (exact) mass is 337 g/mol. The zero-order valence-electron chi connectivity index (χ0n) is 11.2. The van der Waals surface area contributed by atoms with E-state index in [2.05, 4.69) is 5.10 Å². The Hall–Kier alpha value is -2.52. The quantitative estimate of drug-likeness (QED) is 0.872. The maximum absolute atomic E-state index is 12.6. The Morgan fingerprint density at radius 3 is 2.48 bits per heavy atom. The van der Waals surface area contributed by atoms with Gasteiger partial charge in [0.2, 0.25) is 0 Å². The van der Waals surface area contributed by atoms with Crippen LogP contribution < -0.4 is 5.32 Å². The third kappa shape index (κ3) is 4.47. The van der Waals surface area contributed by atoms with Crippen LogP contribution >= 0.6 is 0 Å². The molecule has 23 heavy (non-hydrogen) atoms. The highest BCUT2D eigenvalue weighted by atomic mass is 19.4. The Labute approximate surface area is 125 Å². The van der Waals surface area contributed by atoms with Crippen molar-refractivity contribution in [3.8, 4) is 0 Å². The number of carbonyl (C=O) groups is 1. The predicted octanol–water partition coefficient (Wildman–Crippen LogP) is 3.45. The van der Waals surface area contributed by atoms with E-state index in [4.69, 9.17) is 0 Å². The van der Waals surface area contributed by atoms with Crippen molar-refractivity contribution >= 4 is 11.6 Å². The molecule has 2 aromatic rings. The Kier molecular flexibility index (Phi) is 4.35. The Bertz CT molecular complexity index is 704. The van der Waals surface area contributed by atoms with Crippen molar-refractivity contribution < 1.29 is 31.1 Å². The standard InChI is InChI=1S/C13H9F6N3O/c14-12(15,16)9-3-1-2-8(4-9)6-22-7-10(5-20-22)21-11(23)13(17,18)19/h1-5,7H,6H2,(H,21,23). The van der Waals surface area contributed by atoms with Gasteiger partial charge in [-0.15, -0.1) is 0 Å². The number of aromatic nitrogens is 2. The van der Waals surface area contributed by atoms with Gasteiger partial charge in [0, 0.05) is 6.20 Å². The molecule has 1 aromatic heterocycles. The van der Waals surface area contributed by atoms with E-state index in [-0.39, 0.29) is 17.8 Å². The average Bonchev–Trinajstić information content (AvgIpc) is 2.84. The van der Waals surface area contributed by atoms with Gasteiger partial charge in [-0.25, -0.2) is 0 Å². The molecule has 4 nitrogen and oxygen atoms in total. The van der Waals surface area contributed by atoms with Crippen LogP contribution in [0, 0.1) is 0 Å². The van der Waals surface area contributed by atoms with Crippen molar-refractivity contribution in [2.75, 3.05) is 5.32 Å². The largest absolute Gasteiger partial charge is 0.471 e. The normalized spacial score (nSPS) is 12.3. The van der Waals surface area contributed by atoms with Gasteiger partial charge in [0.15, 0.2) is 0 Å². The van der Waals surface area contributed by atoms with E-state index in [9.17, 15) is 31.1 Å². The van der Waals surface area contributed by atoms with E-state index in [1.165, 1.54) is 12.1 Å². The van der Waals surface area contributed by atoms with E-state index in [1.54, 1.807) is 5.32 Å².